The van der Waals surface area contributed by atoms with Crippen molar-refractivity contribution in [3.05, 3.63) is 0 Å². The van der Waals surface area contributed by atoms with Crippen LogP contribution in [0.1, 0.15) is 38.5 Å². The Labute approximate surface area is 140 Å². The molecule has 3 heterocycles. The van der Waals surface area contributed by atoms with Gasteiger partial charge in [0.25, 0.3) is 0 Å². The molecule has 3 aliphatic heterocycles. The molecule has 21 heavy (non-hydrogen) atoms. The summed E-state index contributed by atoms with van der Waals surface area (Å²) in [6.45, 7) is 6.44. The fourth-order valence-corrected chi connectivity index (χ4v) is 3.84. The Morgan fingerprint density at radius 2 is 1.71 bits per heavy atom. The molecule has 0 aromatic carbocycles. The molecule has 1 amide bonds. The normalized spacial score (nSPS) is 30.4. The molecular weight excluding hydrogens is 309 g/mol. The number of likely N-dealkylation sites (tertiary alicyclic amines) is 2. The number of rotatable bonds is 2. The number of nitrogens with one attached hydrogen (secondary N) is 1. The van der Waals surface area contributed by atoms with Gasteiger partial charge in [-0.2, -0.15) is 0 Å². The highest BCUT2D eigenvalue weighted by Gasteiger charge is 2.34. The average molecular weight is 338 g/mol. The van der Waals surface area contributed by atoms with Crippen LogP contribution in [0.25, 0.3) is 0 Å². The summed E-state index contributed by atoms with van der Waals surface area (Å²) in [7, 11) is 0. The Kier molecular flexibility index (Phi) is 8.32. The number of carbonyl (C=O) groups excluding carboxylic acids is 1. The number of hydrogen-bond acceptors (Lipinski definition) is 3. The summed E-state index contributed by atoms with van der Waals surface area (Å²) in [6.07, 6.45) is 7.50. The summed E-state index contributed by atoms with van der Waals surface area (Å²) in [4.78, 5) is 17.3. The fraction of sp³-hybridized carbons (Fsp3) is 0.933. The van der Waals surface area contributed by atoms with E-state index >= 15 is 0 Å². The van der Waals surface area contributed by atoms with Gasteiger partial charge in [0.05, 0.1) is 5.92 Å². The highest BCUT2D eigenvalue weighted by molar-refractivity contribution is 5.85. The molecule has 4 nitrogen and oxygen atoms in total. The topological polar surface area (TPSA) is 35.6 Å². The van der Waals surface area contributed by atoms with Gasteiger partial charge in [-0.05, 0) is 51.7 Å². The summed E-state index contributed by atoms with van der Waals surface area (Å²) in [5.74, 6) is 0.653. The maximum Gasteiger partial charge on any atom is 0.227 e. The van der Waals surface area contributed by atoms with Gasteiger partial charge in [0.2, 0.25) is 5.91 Å². The first-order valence-electron chi connectivity index (χ1n) is 8.08. The van der Waals surface area contributed by atoms with E-state index in [-0.39, 0.29) is 30.7 Å². The van der Waals surface area contributed by atoms with Crippen LogP contribution in [0.3, 0.4) is 0 Å². The quantitative estimate of drug-likeness (QED) is 0.836. The van der Waals surface area contributed by atoms with Crippen LogP contribution in [-0.2, 0) is 4.79 Å². The van der Waals surface area contributed by atoms with Crippen molar-refractivity contribution < 1.29 is 4.79 Å². The standard InChI is InChI=1S/C15H27N3O.2ClH/c19-15(13-5-4-7-16-11-13)18-10-6-14(12-18)17-8-2-1-3-9-17;;/h13-14,16H,1-12H2;2*1H/t13-,14?;;/m1../s1. The zero-order valence-electron chi connectivity index (χ0n) is 12.8. The molecular formula is C15H29Cl2N3O. The lowest BCUT2D eigenvalue weighted by molar-refractivity contribution is -0.135. The second-order valence-corrected chi connectivity index (χ2v) is 6.37. The maximum absolute atomic E-state index is 12.5. The number of piperidine rings is 2. The van der Waals surface area contributed by atoms with E-state index in [0.717, 1.165) is 39.0 Å². The third-order valence-electron chi connectivity index (χ3n) is 5.03. The predicted molar refractivity (Wildman–Crippen MR) is 90.5 cm³/mol. The Hall–Kier alpha value is -0.0300. The molecule has 124 valence electrons. The van der Waals surface area contributed by atoms with Crippen LogP contribution in [0, 0.1) is 5.92 Å². The van der Waals surface area contributed by atoms with Crippen molar-refractivity contribution in [3.63, 3.8) is 0 Å². The van der Waals surface area contributed by atoms with Crippen molar-refractivity contribution in [2.45, 2.75) is 44.6 Å². The van der Waals surface area contributed by atoms with E-state index in [2.05, 4.69) is 15.1 Å². The van der Waals surface area contributed by atoms with Gasteiger partial charge in [0.15, 0.2) is 0 Å². The SMILES string of the molecule is Cl.Cl.O=C([C@@H]1CCCNC1)N1CCC(N2CCCCC2)C1. The van der Waals surface area contributed by atoms with E-state index in [1.165, 1.54) is 38.8 Å². The van der Waals surface area contributed by atoms with E-state index in [1.54, 1.807) is 0 Å². The minimum absolute atomic E-state index is 0. The Balaban J connectivity index is 0.00000110. The van der Waals surface area contributed by atoms with Crippen molar-refractivity contribution in [2.24, 2.45) is 5.92 Å². The molecule has 3 saturated heterocycles. The zero-order chi connectivity index (χ0) is 13.1. The molecule has 2 atom stereocenters. The number of carbonyl (C=O) groups is 1. The number of nitrogens with zero attached hydrogens (tertiary/aromatic N) is 2. The van der Waals surface area contributed by atoms with Gasteiger partial charge in [-0.1, -0.05) is 6.42 Å². The fourth-order valence-electron chi connectivity index (χ4n) is 3.84. The van der Waals surface area contributed by atoms with Gasteiger partial charge in [-0.15, -0.1) is 24.8 Å². The molecule has 0 bridgehead atoms. The minimum Gasteiger partial charge on any atom is -0.341 e. The summed E-state index contributed by atoms with van der Waals surface area (Å²) in [6, 6.07) is 0.640. The first-order valence-corrected chi connectivity index (χ1v) is 8.08. The molecule has 0 saturated carbocycles. The second kappa shape index (κ2) is 9.19. The molecule has 6 heteroatoms. The summed E-state index contributed by atoms with van der Waals surface area (Å²) in [5, 5.41) is 3.36. The minimum atomic E-state index is 0. The van der Waals surface area contributed by atoms with E-state index < -0.39 is 0 Å². The highest BCUT2D eigenvalue weighted by atomic mass is 35.5. The van der Waals surface area contributed by atoms with E-state index in [1.807, 2.05) is 0 Å². The first-order chi connectivity index (χ1) is 9.34. The largest absolute Gasteiger partial charge is 0.341 e. The molecule has 3 aliphatic rings. The van der Waals surface area contributed by atoms with Crippen molar-refractivity contribution in [1.82, 2.24) is 15.1 Å². The van der Waals surface area contributed by atoms with Crippen LogP contribution in [0.4, 0.5) is 0 Å². The first kappa shape index (κ1) is 19.0. The molecule has 3 fully saturated rings. The van der Waals surface area contributed by atoms with E-state index in [9.17, 15) is 4.79 Å². The Morgan fingerprint density at radius 3 is 2.38 bits per heavy atom. The van der Waals surface area contributed by atoms with Gasteiger partial charge >= 0.3 is 0 Å². The lowest BCUT2D eigenvalue weighted by Crippen LogP contribution is -2.45. The Bertz CT molecular complexity index is 318. The van der Waals surface area contributed by atoms with E-state index in [4.69, 9.17) is 0 Å². The maximum atomic E-state index is 12.5. The van der Waals surface area contributed by atoms with Crippen molar-refractivity contribution >= 4 is 30.7 Å². The molecule has 1 unspecified atom stereocenters. The van der Waals surface area contributed by atoms with Crippen LogP contribution in [0.15, 0.2) is 0 Å². The third-order valence-corrected chi connectivity index (χ3v) is 5.03. The Morgan fingerprint density at radius 1 is 0.952 bits per heavy atom. The van der Waals surface area contributed by atoms with Gasteiger partial charge in [-0.25, -0.2) is 0 Å². The lowest BCUT2D eigenvalue weighted by Gasteiger charge is -2.32. The second-order valence-electron chi connectivity index (χ2n) is 6.37. The lowest BCUT2D eigenvalue weighted by atomic mass is 9.98. The van der Waals surface area contributed by atoms with Gasteiger partial charge in [0, 0.05) is 25.7 Å². The van der Waals surface area contributed by atoms with Crippen molar-refractivity contribution in [3.8, 4) is 0 Å². The molecule has 0 spiro atoms. The predicted octanol–water partition coefficient (Wildman–Crippen LogP) is 1.92. The molecule has 1 N–H and O–H groups in total. The van der Waals surface area contributed by atoms with Crippen LogP contribution >= 0.6 is 24.8 Å². The van der Waals surface area contributed by atoms with Crippen LogP contribution in [0.2, 0.25) is 0 Å². The highest BCUT2D eigenvalue weighted by Crippen LogP contribution is 2.23. The smallest absolute Gasteiger partial charge is 0.227 e. The molecule has 0 radical (unpaired) electrons. The monoisotopic (exact) mass is 337 g/mol. The van der Waals surface area contributed by atoms with E-state index in [0.29, 0.717) is 11.9 Å². The third kappa shape index (κ3) is 4.72. The number of halogens is 2. The van der Waals surface area contributed by atoms with Crippen LogP contribution in [-0.4, -0.2) is 61.0 Å². The van der Waals surface area contributed by atoms with Crippen LogP contribution in [0.5, 0.6) is 0 Å². The number of hydrogen-bond donors (Lipinski definition) is 1. The van der Waals surface area contributed by atoms with Crippen molar-refractivity contribution in [2.75, 3.05) is 39.3 Å². The zero-order valence-corrected chi connectivity index (χ0v) is 14.4. The summed E-state index contributed by atoms with van der Waals surface area (Å²) < 4.78 is 0. The van der Waals surface area contributed by atoms with Crippen molar-refractivity contribution in [1.29, 1.82) is 0 Å². The molecule has 0 aromatic heterocycles. The van der Waals surface area contributed by atoms with Gasteiger partial charge < -0.3 is 10.2 Å². The number of amides is 1. The summed E-state index contributed by atoms with van der Waals surface area (Å²) >= 11 is 0. The molecule has 0 aliphatic carbocycles. The molecule has 3 rings (SSSR count). The summed E-state index contributed by atoms with van der Waals surface area (Å²) in [5.41, 5.74) is 0. The van der Waals surface area contributed by atoms with Crippen LogP contribution < -0.4 is 5.32 Å². The average Bonchev–Trinajstić information content (AvgIpc) is 2.98. The van der Waals surface area contributed by atoms with Gasteiger partial charge in [-0.3, -0.25) is 9.69 Å². The molecule has 0 aromatic rings. The van der Waals surface area contributed by atoms with Gasteiger partial charge in [0.1, 0.15) is 0 Å².